The molecular weight excluding hydrogens is 376 g/mol. The highest BCUT2D eigenvalue weighted by Gasteiger charge is 2.37. The molecule has 2 aromatic carbocycles. The van der Waals surface area contributed by atoms with Gasteiger partial charge in [0.15, 0.2) is 6.10 Å². The first kappa shape index (κ1) is 19.8. The number of anilines is 1. The molecule has 0 aromatic heterocycles. The number of carboxylic acids is 1. The van der Waals surface area contributed by atoms with E-state index < -0.39 is 29.9 Å². The van der Waals surface area contributed by atoms with Gasteiger partial charge in [-0.15, -0.1) is 0 Å². The number of amides is 4. The minimum Gasteiger partial charge on any atom is -0.479 e. The third kappa shape index (κ3) is 4.16. The highest BCUT2D eigenvalue weighted by molar-refractivity contribution is 6.39. The number of aryl methyl sites for hydroxylation is 1. The van der Waals surface area contributed by atoms with E-state index in [1.54, 1.807) is 43.3 Å². The molecule has 3 rings (SSSR count). The van der Waals surface area contributed by atoms with Crippen LogP contribution >= 0.6 is 0 Å². The fourth-order valence-corrected chi connectivity index (χ4v) is 2.75. The van der Waals surface area contributed by atoms with Crippen molar-refractivity contribution in [3.8, 4) is 5.75 Å². The number of rotatable bonds is 5. The zero-order chi connectivity index (χ0) is 21.1. The van der Waals surface area contributed by atoms with Crippen molar-refractivity contribution >= 4 is 35.6 Å². The Labute approximate surface area is 166 Å². The number of barbiturate groups is 1. The summed E-state index contributed by atoms with van der Waals surface area (Å²) < 4.78 is 5.25. The molecule has 2 aromatic rings. The fraction of sp³-hybridized carbons (Fsp3) is 0.143. The Kier molecular flexibility index (Phi) is 5.45. The van der Waals surface area contributed by atoms with Gasteiger partial charge in [0.25, 0.3) is 11.8 Å². The van der Waals surface area contributed by atoms with Crippen LogP contribution in [-0.2, 0) is 14.4 Å². The number of urea groups is 1. The van der Waals surface area contributed by atoms with E-state index in [0.717, 1.165) is 4.90 Å². The molecule has 2 N–H and O–H groups in total. The van der Waals surface area contributed by atoms with Gasteiger partial charge in [-0.1, -0.05) is 30.3 Å². The van der Waals surface area contributed by atoms with E-state index in [4.69, 9.17) is 9.84 Å². The Bertz CT molecular complexity index is 1030. The number of benzene rings is 2. The second kappa shape index (κ2) is 7.97. The smallest absolute Gasteiger partial charge is 0.344 e. The molecule has 1 aliphatic heterocycles. The van der Waals surface area contributed by atoms with Gasteiger partial charge < -0.3 is 9.84 Å². The number of carboxylic acid groups (broad SMARTS) is 1. The summed E-state index contributed by atoms with van der Waals surface area (Å²) in [6.07, 6.45) is 0.346. The molecule has 0 saturated carbocycles. The van der Waals surface area contributed by atoms with Crippen molar-refractivity contribution in [3.05, 3.63) is 65.2 Å². The van der Waals surface area contributed by atoms with Crippen molar-refractivity contribution in [2.24, 2.45) is 0 Å². The molecule has 1 saturated heterocycles. The first-order valence-electron chi connectivity index (χ1n) is 8.74. The number of nitrogens with zero attached hydrogens (tertiary/aromatic N) is 1. The quantitative estimate of drug-likeness (QED) is 0.595. The number of para-hydroxylation sites is 1. The van der Waals surface area contributed by atoms with Crippen LogP contribution in [-0.4, -0.2) is 35.0 Å². The molecule has 0 aliphatic carbocycles. The van der Waals surface area contributed by atoms with Gasteiger partial charge >= 0.3 is 12.0 Å². The van der Waals surface area contributed by atoms with Crippen molar-refractivity contribution < 1.29 is 29.0 Å². The molecule has 29 heavy (non-hydrogen) atoms. The SMILES string of the molecule is Cc1ccccc1N1C(=O)NC(=O)/C(=C\c2ccc(OC(C)C(=O)O)cc2)C1=O. The third-order valence-electron chi connectivity index (χ3n) is 4.31. The Morgan fingerprint density at radius 3 is 2.38 bits per heavy atom. The van der Waals surface area contributed by atoms with Gasteiger partial charge in [-0.25, -0.2) is 14.5 Å². The van der Waals surface area contributed by atoms with Crippen molar-refractivity contribution in [1.82, 2.24) is 5.32 Å². The largest absolute Gasteiger partial charge is 0.479 e. The molecule has 1 fully saturated rings. The van der Waals surface area contributed by atoms with E-state index >= 15 is 0 Å². The topological polar surface area (TPSA) is 113 Å². The summed E-state index contributed by atoms with van der Waals surface area (Å²) in [7, 11) is 0. The molecule has 4 amide bonds. The lowest BCUT2D eigenvalue weighted by Crippen LogP contribution is -2.54. The van der Waals surface area contributed by atoms with E-state index in [1.165, 1.54) is 25.1 Å². The zero-order valence-electron chi connectivity index (χ0n) is 15.7. The van der Waals surface area contributed by atoms with Crippen LogP contribution in [0.3, 0.4) is 0 Å². The number of carbonyl (C=O) groups excluding carboxylic acids is 3. The average molecular weight is 394 g/mol. The van der Waals surface area contributed by atoms with Gasteiger partial charge in [0.05, 0.1) is 5.69 Å². The molecule has 0 bridgehead atoms. The summed E-state index contributed by atoms with van der Waals surface area (Å²) in [6.45, 7) is 3.16. The summed E-state index contributed by atoms with van der Waals surface area (Å²) in [6, 6.07) is 12.3. The molecule has 8 nitrogen and oxygen atoms in total. The van der Waals surface area contributed by atoms with Crippen molar-refractivity contribution in [2.75, 3.05) is 4.90 Å². The average Bonchev–Trinajstić information content (AvgIpc) is 2.67. The summed E-state index contributed by atoms with van der Waals surface area (Å²) >= 11 is 0. The van der Waals surface area contributed by atoms with Crippen molar-refractivity contribution in [1.29, 1.82) is 0 Å². The molecule has 1 unspecified atom stereocenters. The normalized spacial score (nSPS) is 16.6. The maximum Gasteiger partial charge on any atom is 0.344 e. The number of hydrogen-bond donors (Lipinski definition) is 2. The highest BCUT2D eigenvalue weighted by atomic mass is 16.5. The van der Waals surface area contributed by atoms with Gasteiger partial charge in [-0.3, -0.25) is 14.9 Å². The monoisotopic (exact) mass is 394 g/mol. The summed E-state index contributed by atoms with van der Waals surface area (Å²) in [5.41, 5.74) is 1.41. The van der Waals surface area contributed by atoms with Crippen molar-refractivity contribution in [2.45, 2.75) is 20.0 Å². The lowest BCUT2D eigenvalue weighted by Gasteiger charge is -2.27. The van der Waals surface area contributed by atoms with Gasteiger partial charge in [0, 0.05) is 0 Å². The van der Waals surface area contributed by atoms with Crippen LogP contribution in [0.5, 0.6) is 5.75 Å². The van der Waals surface area contributed by atoms with E-state index in [0.29, 0.717) is 22.6 Å². The van der Waals surface area contributed by atoms with Crippen LogP contribution in [0, 0.1) is 6.92 Å². The summed E-state index contributed by atoms with van der Waals surface area (Å²) in [5.74, 6) is -2.28. The van der Waals surface area contributed by atoms with E-state index in [2.05, 4.69) is 5.32 Å². The van der Waals surface area contributed by atoms with Gasteiger partial charge in [0.2, 0.25) is 0 Å². The van der Waals surface area contributed by atoms with Crippen LogP contribution in [0.2, 0.25) is 0 Å². The summed E-state index contributed by atoms with van der Waals surface area (Å²) in [4.78, 5) is 49.1. The molecule has 8 heteroatoms. The Morgan fingerprint density at radius 1 is 1.10 bits per heavy atom. The fourth-order valence-electron chi connectivity index (χ4n) is 2.75. The highest BCUT2D eigenvalue weighted by Crippen LogP contribution is 2.25. The lowest BCUT2D eigenvalue weighted by molar-refractivity contribution is -0.144. The maximum absolute atomic E-state index is 12.9. The predicted octanol–water partition coefficient (Wildman–Crippen LogP) is 2.51. The van der Waals surface area contributed by atoms with E-state index in [9.17, 15) is 19.2 Å². The molecule has 1 aliphatic rings. The van der Waals surface area contributed by atoms with Crippen LogP contribution in [0.15, 0.2) is 54.1 Å². The number of aliphatic carboxylic acids is 1. The van der Waals surface area contributed by atoms with Gasteiger partial charge in [-0.2, -0.15) is 0 Å². The second-order valence-electron chi connectivity index (χ2n) is 6.41. The van der Waals surface area contributed by atoms with Crippen LogP contribution in [0.25, 0.3) is 6.08 Å². The number of ether oxygens (including phenoxy) is 1. The third-order valence-corrected chi connectivity index (χ3v) is 4.31. The number of hydrogen-bond acceptors (Lipinski definition) is 5. The Morgan fingerprint density at radius 2 is 1.76 bits per heavy atom. The van der Waals surface area contributed by atoms with Gasteiger partial charge in [0.1, 0.15) is 11.3 Å². The molecule has 0 radical (unpaired) electrons. The number of imide groups is 2. The first-order valence-corrected chi connectivity index (χ1v) is 8.74. The second-order valence-corrected chi connectivity index (χ2v) is 6.41. The van der Waals surface area contributed by atoms with Gasteiger partial charge in [-0.05, 0) is 49.2 Å². The number of nitrogens with one attached hydrogen (secondary N) is 1. The minimum atomic E-state index is -1.10. The maximum atomic E-state index is 12.9. The zero-order valence-corrected chi connectivity index (χ0v) is 15.7. The standard InChI is InChI=1S/C21H18N2O6/c1-12-5-3-4-6-17(12)23-19(25)16(18(24)22-21(23)28)11-14-7-9-15(10-8-14)29-13(2)20(26)27/h3-11,13H,1-2H3,(H,26,27)(H,22,24,28)/b16-11+. The van der Waals surface area contributed by atoms with Crippen LogP contribution in [0.4, 0.5) is 10.5 Å². The van der Waals surface area contributed by atoms with Crippen molar-refractivity contribution in [3.63, 3.8) is 0 Å². The number of carbonyl (C=O) groups is 4. The lowest BCUT2D eigenvalue weighted by atomic mass is 10.1. The minimum absolute atomic E-state index is 0.194. The Balaban J connectivity index is 1.89. The Hall–Kier alpha value is -3.94. The molecule has 0 spiro atoms. The van der Waals surface area contributed by atoms with E-state index in [-0.39, 0.29) is 5.57 Å². The molecule has 1 heterocycles. The molecular formula is C21H18N2O6. The van der Waals surface area contributed by atoms with Crippen LogP contribution in [0.1, 0.15) is 18.1 Å². The predicted molar refractivity (Wildman–Crippen MR) is 104 cm³/mol. The summed E-state index contributed by atoms with van der Waals surface area (Å²) in [5, 5.41) is 11.1. The molecule has 148 valence electrons. The molecule has 1 atom stereocenters. The van der Waals surface area contributed by atoms with E-state index in [1.807, 2.05) is 0 Å². The van der Waals surface area contributed by atoms with Crippen LogP contribution < -0.4 is 15.0 Å². The first-order chi connectivity index (χ1) is 13.8.